The zero-order chi connectivity index (χ0) is 23.3. The van der Waals surface area contributed by atoms with Crippen LogP contribution in [-0.4, -0.2) is 67.1 Å². The molecule has 33 heavy (non-hydrogen) atoms. The van der Waals surface area contributed by atoms with Gasteiger partial charge < -0.3 is 14.4 Å². The van der Waals surface area contributed by atoms with Crippen LogP contribution in [0.25, 0.3) is 11.4 Å². The van der Waals surface area contributed by atoms with Gasteiger partial charge >= 0.3 is 0 Å². The van der Waals surface area contributed by atoms with E-state index in [-0.39, 0.29) is 23.9 Å². The molecule has 0 spiro atoms. The molecule has 2 aromatic heterocycles. The molecule has 0 aliphatic carbocycles. The van der Waals surface area contributed by atoms with Gasteiger partial charge in [0.2, 0.25) is 0 Å². The molecule has 0 radical (unpaired) electrons. The molecule has 0 unspecified atom stereocenters. The van der Waals surface area contributed by atoms with Crippen LogP contribution in [0.3, 0.4) is 0 Å². The minimum absolute atomic E-state index is 0.0418. The highest BCUT2D eigenvalue weighted by atomic mass is 16.2. The van der Waals surface area contributed by atoms with Crippen molar-refractivity contribution >= 4 is 11.8 Å². The van der Waals surface area contributed by atoms with E-state index in [4.69, 9.17) is 4.98 Å². The second-order valence-electron chi connectivity index (χ2n) is 9.17. The van der Waals surface area contributed by atoms with E-state index in [2.05, 4.69) is 14.6 Å². The van der Waals surface area contributed by atoms with Gasteiger partial charge in [-0.2, -0.15) is 5.10 Å². The largest absolute Gasteiger partial charge is 0.343 e. The van der Waals surface area contributed by atoms with E-state index in [9.17, 15) is 9.59 Å². The second kappa shape index (κ2) is 8.17. The van der Waals surface area contributed by atoms with Crippen LogP contribution < -0.4 is 0 Å². The smallest absolute Gasteiger partial charge is 0.273 e. The molecule has 172 valence electrons. The molecule has 2 amide bonds. The first kappa shape index (κ1) is 21.4. The Labute approximate surface area is 193 Å². The quantitative estimate of drug-likeness (QED) is 0.617. The molecular formula is C25H30N6O2. The number of carbonyl (C=O) groups is 2. The number of hydrogen-bond acceptors (Lipinski definition) is 4. The number of amides is 2. The molecule has 2 aliphatic rings. The minimum Gasteiger partial charge on any atom is -0.343 e. The molecule has 5 rings (SSSR count). The van der Waals surface area contributed by atoms with Gasteiger partial charge in [-0.15, -0.1) is 0 Å². The van der Waals surface area contributed by atoms with Gasteiger partial charge in [0, 0.05) is 50.9 Å². The summed E-state index contributed by atoms with van der Waals surface area (Å²) in [5, 5.41) is 4.39. The van der Waals surface area contributed by atoms with Crippen LogP contribution in [-0.2, 0) is 19.5 Å². The Bertz CT molecular complexity index is 1210. The summed E-state index contributed by atoms with van der Waals surface area (Å²) in [5.41, 5.74) is 3.98. The zero-order valence-electron chi connectivity index (χ0n) is 19.7. The number of rotatable bonds is 4. The van der Waals surface area contributed by atoms with E-state index >= 15 is 0 Å². The maximum absolute atomic E-state index is 13.7. The molecule has 3 aromatic rings. The Morgan fingerprint density at radius 1 is 1.12 bits per heavy atom. The predicted octanol–water partition coefficient (Wildman–Crippen LogP) is 3.01. The summed E-state index contributed by atoms with van der Waals surface area (Å²) in [6, 6.07) is 10.1. The summed E-state index contributed by atoms with van der Waals surface area (Å²) in [4.78, 5) is 35.2. The third-order valence-electron chi connectivity index (χ3n) is 7.02. The predicted molar refractivity (Wildman–Crippen MR) is 125 cm³/mol. The van der Waals surface area contributed by atoms with Gasteiger partial charge in [-0.1, -0.05) is 30.3 Å². The van der Waals surface area contributed by atoms with Crippen LogP contribution in [0.1, 0.15) is 52.0 Å². The molecule has 0 N–H and O–H groups in total. The van der Waals surface area contributed by atoms with E-state index in [1.54, 1.807) is 25.2 Å². The Balaban J connectivity index is 1.58. The Morgan fingerprint density at radius 3 is 2.52 bits per heavy atom. The van der Waals surface area contributed by atoms with Crippen molar-refractivity contribution in [2.75, 3.05) is 14.1 Å². The number of fused-ring (bicyclic) bond motifs is 3. The highest BCUT2D eigenvalue weighted by Crippen LogP contribution is 2.37. The van der Waals surface area contributed by atoms with Gasteiger partial charge in [-0.05, 0) is 26.7 Å². The summed E-state index contributed by atoms with van der Waals surface area (Å²) in [7, 11) is 3.51. The first-order valence-corrected chi connectivity index (χ1v) is 11.6. The molecule has 0 saturated carbocycles. The molecule has 2 atom stereocenters. The van der Waals surface area contributed by atoms with E-state index in [0.717, 1.165) is 42.2 Å². The molecule has 8 nitrogen and oxygen atoms in total. The van der Waals surface area contributed by atoms with Crippen molar-refractivity contribution in [1.29, 1.82) is 0 Å². The molecule has 1 aromatic carbocycles. The number of nitrogens with zero attached hydrogens (tertiary/aromatic N) is 6. The number of benzene rings is 1. The molecule has 8 heteroatoms. The van der Waals surface area contributed by atoms with Crippen LogP contribution >= 0.6 is 0 Å². The lowest BCUT2D eigenvalue weighted by Crippen LogP contribution is -2.42. The van der Waals surface area contributed by atoms with Gasteiger partial charge in [-0.3, -0.25) is 14.3 Å². The number of carbonyl (C=O) groups excluding carboxylic acids is 2. The maximum Gasteiger partial charge on any atom is 0.273 e. The minimum atomic E-state index is -0.100. The van der Waals surface area contributed by atoms with Gasteiger partial charge in [0.15, 0.2) is 0 Å². The van der Waals surface area contributed by atoms with Crippen molar-refractivity contribution in [1.82, 2.24) is 29.1 Å². The van der Waals surface area contributed by atoms with Gasteiger partial charge in [-0.25, -0.2) is 4.98 Å². The van der Waals surface area contributed by atoms with Crippen molar-refractivity contribution in [2.45, 2.75) is 58.3 Å². The van der Waals surface area contributed by atoms with Crippen LogP contribution in [0, 0.1) is 6.92 Å². The van der Waals surface area contributed by atoms with Crippen molar-refractivity contribution in [2.24, 2.45) is 0 Å². The number of hydrogen-bond donors (Lipinski definition) is 0. The lowest BCUT2D eigenvalue weighted by Gasteiger charge is -2.28. The Kier molecular flexibility index (Phi) is 5.31. The molecular weight excluding hydrogens is 416 g/mol. The Morgan fingerprint density at radius 2 is 1.85 bits per heavy atom. The van der Waals surface area contributed by atoms with Crippen molar-refractivity contribution in [3.8, 4) is 11.4 Å². The third-order valence-corrected chi connectivity index (χ3v) is 7.02. The lowest BCUT2D eigenvalue weighted by molar-refractivity contribution is 0.0665. The van der Waals surface area contributed by atoms with E-state index in [0.29, 0.717) is 24.2 Å². The van der Waals surface area contributed by atoms with E-state index < -0.39 is 0 Å². The Hall–Kier alpha value is -3.42. The highest BCUT2D eigenvalue weighted by molar-refractivity contribution is 5.96. The molecule has 1 fully saturated rings. The van der Waals surface area contributed by atoms with Crippen LogP contribution in [0.4, 0.5) is 0 Å². The monoisotopic (exact) mass is 446 g/mol. The SMILES string of the molecule is CCn1ncc(C(=O)N2[C@@H]3CC[C@H]2Cc2c(C(=O)N(C)C)nc(-c4ccccc4)n2C3)c1C. The maximum atomic E-state index is 13.7. The van der Waals surface area contributed by atoms with Gasteiger partial charge in [0.25, 0.3) is 11.8 Å². The molecule has 2 bridgehead atoms. The average Bonchev–Trinajstić information content (AvgIpc) is 3.45. The van der Waals surface area contributed by atoms with Crippen molar-refractivity contribution in [3.63, 3.8) is 0 Å². The summed E-state index contributed by atoms with van der Waals surface area (Å²) in [6.45, 7) is 5.35. The molecule has 1 saturated heterocycles. The summed E-state index contributed by atoms with van der Waals surface area (Å²) in [5.74, 6) is 0.738. The standard InChI is InChI=1S/C25H30N6O2/c1-5-30-16(2)20(14-26-30)24(32)31-18-11-12-19(31)15-29-21(13-18)22(25(33)28(3)4)27-23(29)17-9-7-6-8-10-17/h6-10,14,18-19H,5,11-13,15H2,1-4H3/t18-,19+/m0/s1. The number of aromatic nitrogens is 4. The average molecular weight is 447 g/mol. The number of imidazole rings is 1. The third kappa shape index (κ3) is 3.44. The van der Waals surface area contributed by atoms with Crippen LogP contribution in [0.15, 0.2) is 36.5 Å². The summed E-state index contributed by atoms with van der Waals surface area (Å²) in [6.07, 6.45) is 4.20. The van der Waals surface area contributed by atoms with Crippen LogP contribution in [0.5, 0.6) is 0 Å². The highest BCUT2D eigenvalue weighted by Gasteiger charge is 2.43. The first-order valence-electron chi connectivity index (χ1n) is 11.6. The van der Waals surface area contributed by atoms with E-state index in [1.165, 1.54) is 0 Å². The fourth-order valence-electron chi connectivity index (χ4n) is 5.30. The van der Waals surface area contributed by atoms with E-state index in [1.807, 2.05) is 48.9 Å². The van der Waals surface area contributed by atoms with Crippen LogP contribution in [0.2, 0.25) is 0 Å². The summed E-state index contributed by atoms with van der Waals surface area (Å²) < 4.78 is 4.04. The topological polar surface area (TPSA) is 76.3 Å². The fraction of sp³-hybridized carbons (Fsp3) is 0.440. The first-order chi connectivity index (χ1) is 15.9. The normalized spacial score (nSPS) is 19.3. The van der Waals surface area contributed by atoms with Crippen molar-refractivity contribution in [3.05, 3.63) is 59.2 Å². The lowest BCUT2D eigenvalue weighted by atomic mass is 10.0. The molecule has 2 aliphatic heterocycles. The van der Waals surface area contributed by atoms with Gasteiger partial charge in [0.1, 0.15) is 11.5 Å². The zero-order valence-corrected chi connectivity index (χ0v) is 19.7. The number of aryl methyl sites for hydroxylation is 1. The summed E-state index contributed by atoms with van der Waals surface area (Å²) >= 11 is 0. The van der Waals surface area contributed by atoms with Crippen molar-refractivity contribution < 1.29 is 9.59 Å². The fourth-order valence-corrected chi connectivity index (χ4v) is 5.30. The second-order valence-corrected chi connectivity index (χ2v) is 9.17. The van der Waals surface area contributed by atoms with Gasteiger partial charge in [0.05, 0.1) is 23.5 Å². The molecule has 4 heterocycles.